The van der Waals surface area contributed by atoms with Crippen LogP contribution in [0.5, 0.6) is 11.5 Å². The molecule has 0 radical (unpaired) electrons. The van der Waals surface area contributed by atoms with Gasteiger partial charge in [-0.1, -0.05) is 58.6 Å². The van der Waals surface area contributed by atoms with E-state index in [1.807, 2.05) is 0 Å². The first kappa shape index (κ1) is 28.5. The van der Waals surface area contributed by atoms with Crippen molar-refractivity contribution in [2.75, 3.05) is 0 Å². The standard InChI is InChI=1S/C30H20Cl4N2O3/c1-17-15-23(27(31)29(33)25(17)21(37)5-3-19-7-11-35-12-8-19)39-24-16-18(2)26(30(34)28(24)32)22(38)6-4-20-9-13-36-14-10-20/h3-16H,1-2H3. The molecule has 9 heteroatoms. The number of carbonyl (C=O) groups is 2. The SMILES string of the molecule is Cc1cc(Oc2cc(C)c(C(=O)C=Cc3ccncc3)c(Cl)c2Cl)c(Cl)c(Cl)c1C(=O)C=Cc1ccncc1. The molecule has 0 aliphatic heterocycles. The van der Waals surface area contributed by atoms with Crippen molar-refractivity contribution in [2.45, 2.75) is 13.8 Å². The number of ketones is 2. The minimum atomic E-state index is -0.317. The number of hydrogen-bond acceptors (Lipinski definition) is 5. The highest BCUT2D eigenvalue weighted by Crippen LogP contribution is 2.44. The van der Waals surface area contributed by atoms with Gasteiger partial charge in [-0.25, -0.2) is 0 Å². The lowest BCUT2D eigenvalue weighted by Gasteiger charge is -2.16. The summed E-state index contributed by atoms with van der Waals surface area (Å²) in [6, 6.07) is 10.3. The fourth-order valence-corrected chi connectivity index (χ4v) is 4.82. The molecule has 0 fully saturated rings. The summed E-state index contributed by atoms with van der Waals surface area (Å²) in [5.74, 6) is -0.268. The van der Waals surface area contributed by atoms with Crippen molar-refractivity contribution < 1.29 is 14.3 Å². The van der Waals surface area contributed by atoms with Crippen LogP contribution in [0, 0.1) is 13.8 Å². The molecule has 4 rings (SSSR count). The number of allylic oxidation sites excluding steroid dienone is 2. The number of pyridine rings is 2. The van der Waals surface area contributed by atoms with Crippen LogP contribution in [0.4, 0.5) is 0 Å². The van der Waals surface area contributed by atoms with E-state index < -0.39 is 0 Å². The van der Waals surface area contributed by atoms with Crippen molar-refractivity contribution in [1.82, 2.24) is 9.97 Å². The first-order valence-electron chi connectivity index (χ1n) is 11.6. The van der Waals surface area contributed by atoms with Gasteiger partial charge >= 0.3 is 0 Å². The van der Waals surface area contributed by atoms with Crippen molar-refractivity contribution in [1.29, 1.82) is 0 Å². The molecule has 0 aliphatic rings. The van der Waals surface area contributed by atoms with Gasteiger partial charge in [-0.15, -0.1) is 0 Å². The van der Waals surface area contributed by atoms with E-state index in [0.29, 0.717) is 11.1 Å². The number of nitrogens with zero attached hydrogens (tertiary/aromatic N) is 2. The van der Waals surface area contributed by atoms with Crippen molar-refractivity contribution >= 4 is 70.1 Å². The lowest BCUT2D eigenvalue weighted by atomic mass is 10.0. The Bertz CT molecular complexity index is 1500. The molecule has 2 aromatic heterocycles. The average Bonchev–Trinajstić information content (AvgIpc) is 2.93. The quantitative estimate of drug-likeness (QED) is 0.149. The molecule has 0 spiro atoms. The van der Waals surface area contributed by atoms with Gasteiger partial charge < -0.3 is 4.74 Å². The van der Waals surface area contributed by atoms with Crippen molar-refractivity contribution in [3.63, 3.8) is 0 Å². The van der Waals surface area contributed by atoms with Crippen LogP contribution in [-0.2, 0) is 0 Å². The normalized spacial score (nSPS) is 11.3. The van der Waals surface area contributed by atoms with E-state index >= 15 is 0 Å². The minimum Gasteiger partial charge on any atom is -0.454 e. The topological polar surface area (TPSA) is 69.2 Å². The third kappa shape index (κ3) is 6.57. The zero-order valence-electron chi connectivity index (χ0n) is 20.7. The van der Waals surface area contributed by atoms with E-state index in [0.717, 1.165) is 11.1 Å². The largest absolute Gasteiger partial charge is 0.454 e. The number of hydrogen-bond donors (Lipinski definition) is 0. The van der Waals surface area contributed by atoms with Crippen LogP contribution in [0.3, 0.4) is 0 Å². The number of benzene rings is 2. The molecule has 0 N–H and O–H groups in total. The number of aromatic nitrogens is 2. The van der Waals surface area contributed by atoms with Crippen LogP contribution < -0.4 is 4.74 Å². The predicted molar refractivity (Wildman–Crippen MR) is 158 cm³/mol. The summed E-state index contributed by atoms with van der Waals surface area (Å²) >= 11 is 26.0. The zero-order chi connectivity index (χ0) is 28.1. The van der Waals surface area contributed by atoms with Crippen LogP contribution in [0.25, 0.3) is 12.2 Å². The van der Waals surface area contributed by atoms with E-state index in [4.69, 9.17) is 51.1 Å². The maximum Gasteiger partial charge on any atom is 0.187 e. The second kappa shape index (κ2) is 12.6. The molecule has 39 heavy (non-hydrogen) atoms. The lowest BCUT2D eigenvalue weighted by molar-refractivity contribution is 0.103. The maximum atomic E-state index is 12.9. The number of ether oxygens (including phenoxy) is 1. The summed E-state index contributed by atoms with van der Waals surface area (Å²) in [5.41, 5.74) is 3.24. The van der Waals surface area contributed by atoms with Gasteiger partial charge in [0, 0.05) is 35.9 Å². The van der Waals surface area contributed by atoms with E-state index in [1.54, 1.807) is 87.2 Å². The fraction of sp³-hybridized carbons (Fsp3) is 0.0667. The molecule has 5 nitrogen and oxygen atoms in total. The Balaban J connectivity index is 1.61. The average molecular weight is 598 g/mol. The van der Waals surface area contributed by atoms with Crippen LogP contribution in [0.1, 0.15) is 43.0 Å². The minimum absolute atomic E-state index is 0.0354. The molecule has 0 aliphatic carbocycles. The van der Waals surface area contributed by atoms with E-state index in [2.05, 4.69) is 9.97 Å². The third-order valence-electron chi connectivity index (χ3n) is 5.72. The van der Waals surface area contributed by atoms with Crippen molar-refractivity contribution in [3.8, 4) is 11.5 Å². The van der Waals surface area contributed by atoms with Gasteiger partial charge in [-0.05, 0) is 84.7 Å². The first-order valence-corrected chi connectivity index (χ1v) is 13.1. The van der Waals surface area contributed by atoms with Crippen LogP contribution in [0.2, 0.25) is 20.1 Å². The summed E-state index contributed by atoms with van der Waals surface area (Å²) < 4.78 is 5.99. The van der Waals surface area contributed by atoms with Crippen LogP contribution in [-0.4, -0.2) is 21.5 Å². The molecular weight excluding hydrogens is 578 g/mol. The first-order chi connectivity index (χ1) is 18.7. The Morgan fingerprint density at radius 2 is 1.00 bits per heavy atom. The highest BCUT2D eigenvalue weighted by atomic mass is 35.5. The molecule has 196 valence electrons. The Kier molecular flexibility index (Phi) is 9.20. The highest BCUT2D eigenvalue weighted by molar-refractivity contribution is 6.46. The highest BCUT2D eigenvalue weighted by Gasteiger charge is 2.22. The van der Waals surface area contributed by atoms with E-state index in [-0.39, 0.29) is 54.3 Å². The molecule has 0 atom stereocenters. The summed E-state index contributed by atoms with van der Waals surface area (Å²) in [6.45, 7) is 3.44. The zero-order valence-corrected chi connectivity index (χ0v) is 23.7. The molecule has 2 heterocycles. The molecule has 0 saturated carbocycles. The Morgan fingerprint density at radius 3 is 1.36 bits per heavy atom. The Morgan fingerprint density at radius 1 is 0.641 bits per heavy atom. The van der Waals surface area contributed by atoms with Gasteiger partial charge in [0.25, 0.3) is 0 Å². The van der Waals surface area contributed by atoms with Gasteiger partial charge in [0.05, 0.1) is 10.0 Å². The molecule has 0 unspecified atom stereocenters. The Hall–Kier alpha value is -3.48. The lowest BCUT2D eigenvalue weighted by Crippen LogP contribution is -2.03. The molecule has 0 amide bonds. The molecule has 2 aromatic carbocycles. The van der Waals surface area contributed by atoms with Gasteiger partial charge in [0.2, 0.25) is 0 Å². The summed E-state index contributed by atoms with van der Waals surface area (Å²) in [6.07, 6.45) is 12.7. The van der Waals surface area contributed by atoms with Crippen LogP contribution >= 0.6 is 46.4 Å². The predicted octanol–water partition coefficient (Wildman–Crippen LogP) is 9.29. The maximum absolute atomic E-state index is 12.9. The van der Waals surface area contributed by atoms with Gasteiger partial charge in [-0.3, -0.25) is 19.6 Å². The molecule has 0 bridgehead atoms. The smallest absolute Gasteiger partial charge is 0.187 e. The van der Waals surface area contributed by atoms with Crippen LogP contribution in [0.15, 0.2) is 73.3 Å². The van der Waals surface area contributed by atoms with Gasteiger partial charge in [0.1, 0.15) is 21.5 Å². The van der Waals surface area contributed by atoms with E-state index in [1.165, 1.54) is 12.2 Å². The molecule has 4 aromatic rings. The summed E-state index contributed by atoms with van der Waals surface area (Å²) in [4.78, 5) is 33.7. The molecule has 0 saturated heterocycles. The van der Waals surface area contributed by atoms with Gasteiger partial charge in [0.15, 0.2) is 11.6 Å². The fourth-order valence-electron chi connectivity index (χ4n) is 3.78. The van der Waals surface area contributed by atoms with E-state index in [9.17, 15) is 9.59 Å². The summed E-state index contributed by atoms with van der Waals surface area (Å²) in [7, 11) is 0. The number of halogens is 4. The van der Waals surface area contributed by atoms with Crippen molar-refractivity contribution in [2.24, 2.45) is 0 Å². The number of rotatable bonds is 8. The van der Waals surface area contributed by atoms with Gasteiger partial charge in [-0.2, -0.15) is 0 Å². The summed E-state index contributed by atoms with van der Waals surface area (Å²) in [5, 5.41) is 0.160. The molecular formula is C30H20Cl4N2O3. The number of aryl methyl sites for hydroxylation is 2. The number of carbonyl (C=O) groups excluding carboxylic acids is 2. The monoisotopic (exact) mass is 596 g/mol. The Labute approximate surface area is 245 Å². The van der Waals surface area contributed by atoms with Crippen molar-refractivity contribution in [3.05, 3.63) is 127 Å². The third-order valence-corrected chi connectivity index (χ3v) is 7.42. The second-order valence-corrected chi connectivity index (χ2v) is 9.96. The second-order valence-electron chi connectivity index (χ2n) is 8.45.